The summed E-state index contributed by atoms with van der Waals surface area (Å²) >= 11 is 0. The maximum Gasteiger partial charge on any atom is 0.305 e. The molecule has 0 atom stereocenters. The van der Waals surface area contributed by atoms with Gasteiger partial charge in [-0.15, -0.1) is 0 Å². The van der Waals surface area contributed by atoms with Crippen molar-refractivity contribution in [3.05, 3.63) is 0 Å². The van der Waals surface area contributed by atoms with Crippen molar-refractivity contribution in [1.29, 1.82) is 0 Å². The molecule has 0 saturated heterocycles. The lowest BCUT2D eigenvalue weighted by molar-refractivity contribution is -0.144. The van der Waals surface area contributed by atoms with Gasteiger partial charge in [-0.2, -0.15) is 0 Å². The first-order chi connectivity index (χ1) is 14.8. The van der Waals surface area contributed by atoms with Crippen LogP contribution in [0.5, 0.6) is 0 Å². The van der Waals surface area contributed by atoms with Gasteiger partial charge >= 0.3 is 5.97 Å². The minimum atomic E-state index is -0.122. The average Bonchev–Trinajstić information content (AvgIpc) is 2.75. The van der Waals surface area contributed by atoms with E-state index in [9.17, 15) is 4.79 Å². The topological polar surface area (TPSA) is 63.2 Å². The Bertz CT molecular complexity index is 338. The second kappa shape index (κ2) is 26.3. The van der Waals surface area contributed by atoms with Crippen LogP contribution in [-0.2, 0) is 28.5 Å². The molecule has 0 aliphatic heterocycles. The van der Waals surface area contributed by atoms with Gasteiger partial charge in [-0.3, -0.25) is 4.79 Å². The number of unbranched alkanes of at least 4 members (excludes halogenated alkanes) is 8. The van der Waals surface area contributed by atoms with E-state index >= 15 is 0 Å². The zero-order chi connectivity index (χ0) is 22.0. The lowest BCUT2D eigenvalue weighted by Crippen LogP contribution is -2.12. The van der Waals surface area contributed by atoms with Crippen LogP contribution < -0.4 is 0 Å². The standard InChI is InChI=1S/C24H48O6/c1-3-5-7-9-11-15-26-18-20-28-22-23-29-21-19-27-16-13-14-24(25)30-17-12-10-8-6-4-2/h3-23H2,1-2H3. The third kappa shape index (κ3) is 25.3. The summed E-state index contributed by atoms with van der Waals surface area (Å²) in [5.74, 6) is -0.122. The van der Waals surface area contributed by atoms with Gasteiger partial charge in [-0.1, -0.05) is 65.2 Å². The molecular weight excluding hydrogens is 384 g/mol. The molecule has 0 aliphatic carbocycles. The molecule has 0 radical (unpaired) electrons. The smallest absolute Gasteiger partial charge is 0.305 e. The van der Waals surface area contributed by atoms with Crippen LogP contribution in [0.4, 0.5) is 0 Å². The molecule has 30 heavy (non-hydrogen) atoms. The highest BCUT2D eigenvalue weighted by Crippen LogP contribution is 2.04. The maximum atomic E-state index is 11.6. The summed E-state index contributed by atoms with van der Waals surface area (Å²) in [4.78, 5) is 11.6. The van der Waals surface area contributed by atoms with E-state index in [-0.39, 0.29) is 5.97 Å². The largest absolute Gasteiger partial charge is 0.466 e. The Morgan fingerprint density at radius 3 is 1.37 bits per heavy atom. The Hall–Kier alpha value is -0.690. The Labute approximate surface area is 185 Å². The predicted molar refractivity (Wildman–Crippen MR) is 121 cm³/mol. The van der Waals surface area contributed by atoms with Gasteiger partial charge in [0, 0.05) is 19.6 Å². The van der Waals surface area contributed by atoms with Crippen molar-refractivity contribution in [3.63, 3.8) is 0 Å². The molecule has 6 nitrogen and oxygen atoms in total. The van der Waals surface area contributed by atoms with Crippen molar-refractivity contribution in [1.82, 2.24) is 0 Å². The zero-order valence-electron chi connectivity index (χ0n) is 19.8. The van der Waals surface area contributed by atoms with Gasteiger partial charge in [0.25, 0.3) is 0 Å². The van der Waals surface area contributed by atoms with E-state index in [4.69, 9.17) is 23.7 Å². The van der Waals surface area contributed by atoms with Crippen LogP contribution in [0.3, 0.4) is 0 Å². The molecule has 0 spiro atoms. The van der Waals surface area contributed by atoms with Gasteiger partial charge in [0.15, 0.2) is 0 Å². The molecule has 0 aromatic rings. The molecule has 180 valence electrons. The number of rotatable bonds is 25. The lowest BCUT2D eigenvalue weighted by Gasteiger charge is -2.08. The first-order valence-electron chi connectivity index (χ1n) is 12.3. The summed E-state index contributed by atoms with van der Waals surface area (Å²) < 4.78 is 27.1. The number of ether oxygens (including phenoxy) is 5. The Kier molecular flexibility index (Phi) is 25.7. The van der Waals surface area contributed by atoms with E-state index in [0.717, 1.165) is 25.9 Å². The minimum Gasteiger partial charge on any atom is -0.466 e. The SMILES string of the molecule is CCCCCCCOCCOCCOCCOCCCC(=O)OCCCCCCC. The highest BCUT2D eigenvalue weighted by Gasteiger charge is 2.02. The summed E-state index contributed by atoms with van der Waals surface area (Å²) in [7, 11) is 0. The van der Waals surface area contributed by atoms with Crippen molar-refractivity contribution in [2.45, 2.75) is 90.9 Å². The number of carbonyl (C=O) groups excluding carboxylic acids is 1. The van der Waals surface area contributed by atoms with Gasteiger partial charge in [-0.05, 0) is 19.3 Å². The van der Waals surface area contributed by atoms with E-state index in [1.807, 2.05) is 0 Å². The summed E-state index contributed by atoms with van der Waals surface area (Å²) in [5, 5.41) is 0. The molecule has 0 fully saturated rings. The lowest BCUT2D eigenvalue weighted by atomic mass is 10.2. The molecule has 0 N–H and O–H groups in total. The number of hydrogen-bond donors (Lipinski definition) is 0. The fourth-order valence-electron chi connectivity index (χ4n) is 2.85. The van der Waals surface area contributed by atoms with Crippen LogP contribution in [0, 0.1) is 0 Å². The van der Waals surface area contributed by atoms with E-state index in [2.05, 4.69) is 13.8 Å². The van der Waals surface area contributed by atoms with Crippen LogP contribution in [0.15, 0.2) is 0 Å². The highest BCUT2D eigenvalue weighted by molar-refractivity contribution is 5.69. The molecule has 0 unspecified atom stereocenters. The number of carbonyl (C=O) groups is 1. The monoisotopic (exact) mass is 432 g/mol. The Balaban J connectivity index is 3.10. The number of esters is 1. The first-order valence-corrected chi connectivity index (χ1v) is 12.3. The van der Waals surface area contributed by atoms with E-state index in [1.165, 1.54) is 44.9 Å². The van der Waals surface area contributed by atoms with Gasteiger partial charge in [0.1, 0.15) is 0 Å². The molecule has 0 rings (SSSR count). The van der Waals surface area contributed by atoms with Crippen molar-refractivity contribution in [2.75, 3.05) is 59.5 Å². The second-order valence-electron chi connectivity index (χ2n) is 7.60. The summed E-state index contributed by atoms with van der Waals surface area (Å²) in [6.07, 6.45) is 13.2. The van der Waals surface area contributed by atoms with Gasteiger partial charge in [0.05, 0.1) is 46.2 Å². The molecule has 0 amide bonds. The Morgan fingerprint density at radius 2 is 0.867 bits per heavy atom. The Morgan fingerprint density at radius 1 is 0.467 bits per heavy atom. The fourth-order valence-corrected chi connectivity index (χ4v) is 2.85. The fraction of sp³-hybridized carbons (Fsp3) is 0.958. The quantitative estimate of drug-likeness (QED) is 0.144. The van der Waals surface area contributed by atoms with Crippen molar-refractivity contribution in [2.24, 2.45) is 0 Å². The van der Waals surface area contributed by atoms with Crippen molar-refractivity contribution < 1.29 is 28.5 Å². The summed E-state index contributed by atoms with van der Waals surface area (Å²) in [5.41, 5.74) is 0. The highest BCUT2D eigenvalue weighted by atomic mass is 16.6. The van der Waals surface area contributed by atoms with Crippen LogP contribution in [0.25, 0.3) is 0 Å². The summed E-state index contributed by atoms with van der Waals surface area (Å²) in [6.45, 7) is 9.83. The number of hydrogen-bond acceptors (Lipinski definition) is 6. The molecule has 0 bridgehead atoms. The van der Waals surface area contributed by atoms with Crippen molar-refractivity contribution in [3.8, 4) is 0 Å². The van der Waals surface area contributed by atoms with Gasteiger partial charge in [0.2, 0.25) is 0 Å². The molecule has 0 aromatic heterocycles. The predicted octanol–water partition coefficient (Wildman–Crippen LogP) is 5.32. The molecule has 0 aliphatic rings. The molecule has 0 heterocycles. The minimum absolute atomic E-state index is 0.122. The van der Waals surface area contributed by atoms with Gasteiger partial charge in [-0.25, -0.2) is 0 Å². The van der Waals surface area contributed by atoms with Crippen LogP contribution in [0.1, 0.15) is 90.9 Å². The normalized spacial score (nSPS) is 11.1. The third-order valence-corrected chi connectivity index (χ3v) is 4.69. The summed E-state index contributed by atoms with van der Waals surface area (Å²) in [6, 6.07) is 0. The molecule has 0 saturated carbocycles. The first kappa shape index (κ1) is 29.3. The zero-order valence-corrected chi connectivity index (χ0v) is 19.8. The maximum absolute atomic E-state index is 11.6. The molecule has 0 aromatic carbocycles. The molecule has 6 heteroatoms. The molecular formula is C24H48O6. The van der Waals surface area contributed by atoms with E-state index in [0.29, 0.717) is 65.7 Å². The average molecular weight is 433 g/mol. The van der Waals surface area contributed by atoms with Crippen LogP contribution in [-0.4, -0.2) is 65.4 Å². The van der Waals surface area contributed by atoms with E-state index in [1.54, 1.807) is 0 Å². The van der Waals surface area contributed by atoms with E-state index < -0.39 is 0 Å². The van der Waals surface area contributed by atoms with Gasteiger partial charge < -0.3 is 23.7 Å². The third-order valence-electron chi connectivity index (χ3n) is 4.69. The van der Waals surface area contributed by atoms with Crippen LogP contribution in [0.2, 0.25) is 0 Å². The second-order valence-corrected chi connectivity index (χ2v) is 7.60. The van der Waals surface area contributed by atoms with Crippen molar-refractivity contribution >= 4 is 5.97 Å². The van der Waals surface area contributed by atoms with Crippen LogP contribution >= 0.6 is 0 Å².